The minimum atomic E-state index is -3.80. The Hall–Kier alpha value is -3.08. The molecule has 130 valence electrons. The summed E-state index contributed by atoms with van der Waals surface area (Å²) in [7, 11) is -3.80. The zero-order valence-electron chi connectivity index (χ0n) is 13.3. The number of pyridine rings is 1. The summed E-state index contributed by atoms with van der Waals surface area (Å²) in [6, 6.07) is 18.4. The third kappa shape index (κ3) is 4.11. The molecule has 1 aromatic heterocycles. The molecule has 3 rings (SSSR count). The monoisotopic (exact) mass is 384 g/mol. The fraction of sp³-hybridized carbons (Fsp3) is 0. The van der Waals surface area contributed by atoms with Gasteiger partial charge < -0.3 is 5.32 Å². The van der Waals surface area contributed by atoms with E-state index in [2.05, 4.69) is 15.0 Å². The number of sulfonamides is 1. The molecule has 0 aliphatic heterocycles. The van der Waals surface area contributed by atoms with Crippen molar-refractivity contribution in [3.8, 4) is 6.07 Å². The Bertz CT molecular complexity index is 1060. The van der Waals surface area contributed by atoms with Crippen molar-refractivity contribution in [1.29, 1.82) is 5.26 Å². The minimum Gasteiger partial charge on any atom is -0.340 e. The molecule has 0 fully saturated rings. The van der Waals surface area contributed by atoms with Gasteiger partial charge >= 0.3 is 0 Å². The summed E-state index contributed by atoms with van der Waals surface area (Å²) in [5, 5.41) is 12.0. The Balaban J connectivity index is 1.73. The Morgan fingerprint density at radius 1 is 0.962 bits per heavy atom. The molecular formula is C18H13ClN4O2S. The van der Waals surface area contributed by atoms with Crippen molar-refractivity contribution < 1.29 is 8.42 Å². The minimum absolute atomic E-state index is 0.00134. The summed E-state index contributed by atoms with van der Waals surface area (Å²) >= 11 is 5.95. The Kier molecular flexibility index (Phi) is 5.07. The van der Waals surface area contributed by atoms with Gasteiger partial charge in [0.05, 0.1) is 28.5 Å². The maximum absolute atomic E-state index is 12.4. The van der Waals surface area contributed by atoms with Gasteiger partial charge in [0.25, 0.3) is 10.0 Å². The average molecular weight is 385 g/mol. The van der Waals surface area contributed by atoms with E-state index in [9.17, 15) is 8.42 Å². The van der Waals surface area contributed by atoms with Gasteiger partial charge in [0.2, 0.25) is 0 Å². The number of nitrogens with one attached hydrogen (secondary N) is 2. The van der Waals surface area contributed by atoms with Crippen molar-refractivity contribution in [2.45, 2.75) is 4.90 Å². The van der Waals surface area contributed by atoms with E-state index in [1.807, 2.05) is 6.07 Å². The smallest absolute Gasteiger partial charge is 0.263 e. The van der Waals surface area contributed by atoms with Crippen LogP contribution in [0.3, 0.4) is 0 Å². The van der Waals surface area contributed by atoms with Crippen molar-refractivity contribution in [2.24, 2.45) is 0 Å². The van der Waals surface area contributed by atoms with Crippen LogP contribution in [0.25, 0.3) is 0 Å². The highest BCUT2D eigenvalue weighted by Crippen LogP contribution is 2.24. The second-order valence-corrected chi connectivity index (χ2v) is 7.34. The predicted molar refractivity (Wildman–Crippen MR) is 101 cm³/mol. The molecule has 2 N–H and O–H groups in total. The van der Waals surface area contributed by atoms with Crippen LogP contribution in [-0.2, 0) is 10.0 Å². The van der Waals surface area contributed by atoms with Crippen molar-refractivity contribution in [3.05, 3.63) is 77.4 Å². The molecule has 0 aliphatic carbocycles. The normalized spacial score (nSPS) is 10.8. The van der Waals surface area contributed by atoms with Crippen molar-refractivity contribution in [3.63, 3.8) is 0 Å². The zero-order chi connectivity index (χ0) is 18.6. The number of halogens is 1. The van der Waals surface area contributed by atoms with Crippen LogP contribution in [0, 0.1) is 11.3 Å². The van der Waals surface area contributed by atoms with Gasteiger partial charge in [-0.25, -0.2) is 13.4 Å². The van der Waals surface area contributed by atoms with E-state index in [0.717, 1.165) is 5.69 Å². The van der Waals surface area contributed by atoms with Gasteiger partial charge in [-0.2, -0.15) is 5.26 Å². The topological polar surface area (TPSA) is 94.9 Å². The summed E-state index contributed by atoms with van der Waals surface area (Å²) in [4.78, 5) is 4.18. The van der Waals surface area contributed by atoms with Crippen LogP contribution in [0.15, 0.2) is 71.8 Å². The van der Waals surface area contributed by atoms with Gasteiger partial charge in [0, 0.05) is 5.69 Å². The quantitative estimate of drug-likeness (QED) is 0.689. The van der Waals surface area contributed by atoms with Gasteiger partial charge in [-0.3, -0.25) is 4.72 Å². The maximum Gasteiger partial charge on any atom is 0.263 e. The number of hydrogen-bond donors (Lipinski definition) is 2. The van der Waals surface area contributed by atoms with Gasteiger partial charge in [-0.05, 0) is 48.5 Å². The van der Waals surface area contributed by atoms with Gasteiger partial charge in [-0.1, -0.05) is 23.7 Å². The first kappa shape index (κ1) is 17.7. The summed E-state index contributed by atoms with van der Waals surface area (Å²) in [6.45, 7) is 0. The van der Waals surface area contributed by atoms with Gasteiger partial charge in [0.1, 0.15) is 10.7 Å². The lowest BCUT2D eigenvalue weighted by atomic mass is 10.2. The van der Waals surface area contributed by atoms with E-state index in [4.69, 9.17) is 16.9 Å². The zero-order valence-corrected chi connectivity index (χ0v) is 14.9. The highest BCUT2D eigenvalue weighted by atomic mass is 35.5. The predicted octanol–water partition coefficient (Wildman–Crippen LogP) is 4.15. The van der Waals surface area contributed by atoms with Gasteiger partial charge in [0.15, 0.2) is 0 Å². The fourth-order valence-corrected chi connectivity index (χ4v) is 3.74. The lowest BCUT2D eigenvalue weighted by Gasteiger charge is -2.10. The molecule has 26 heavy (non-hydrogen) atoms. The van der Waals surface area contributed by atoms with Gasteiger partial charge in [-0.15, -0.1) is 0 Å². The molecule has 3 aromatic rings. The second-order valence-electron chi connectivity index (χ2n) is 5.28. The number of aromatic nitrogens is 1. The molecule has 6 nitrogen and oxygen atoms in total. The summed E-state index contributed by atoms with van der Waals surface area (Å²) in [5.41, 5.74) is 1.64. The average Bonchev–Trinajstić information content (AvgIpc) is 2.64. The van der Waals surface area contributed by atoms with E-state index in [1.54, 1.807) is 48.5 Å². The van der Waals surface area contributed by atoms with Crippen molar-refractivity contribution in [1.82, 2.24) is 4.98 Å². The third-order valence-electron chi connectivity index (χ3n) is 3.43. The van der Waals surface area contributed by atoms with Crippen molar-refractivity contribution in [2.75, 3.05) is 10.0 Å². The molecule has 0 atom stereocenters. The highest BCUT2D eigenvalue weighted by molar-refractivity contribution is 7.92. The van der Waals surface area contributed by atoms with Crippen LogP contribution in [0.1, 0.15) is 5.56 Å². The number of nitriles is 1. The first-order chi connectivity index (χ1) is 12.5. The van der Waals surface area contributed by atoms with E-state index in [0.29, 0.717) is 17.1 Å². The summed E-state index contributed by atoms with van der Waals surface area (Å²) < 4.78 is 27.2. The van der Waals surface area contributed by atoms with E-state index in [-0.39, 0.29) is 9.92 Å². The standard InChI is InChI=1S/C18H13ClN4O2S/c19-16-3-1-2-4-17(16)26(24,25)23-15-9-10-18(21-12-15)22-14-7-5-13(11-20)6-8-14/h1-10,12,23H,(H,21,22). The molecule has 0 aliphatic rings. The van der Waals surface area contributed by atoms with E-state index in [1.165, 1.54) is 18.3 Å². The molecular weight excluding hydrogens is 372 g/mol. The van der Waals surface area contributed by atoms with E-state index < -0.39 is 10.0 Å². The molecule has 8 heteroatoms. The highest BCUT2D eigenvalue weighted by Gasteiger charge is 2.17. The molecule has 1 heterocycles. The third-order valence-corrected chi connectivity index (χ3v) is 5.31. The largest absolute Gasteiger partial charge is 0.340 e. The number of rotatable bonds is 5. The lowest BCUT2D eigenvalue weighted by Crippen LogP contribution is -2.13. The Morgan fingerprint density at radius 3 is 2.27 bits per heavy atom. The van der Waals surface area contributed by atoms with Crippen molar-refractivity contribution >= 4 is 38.8 Å². The first-order valence-corrected chi connectivity index (χ1v) is 9.35. The van der Waals surface area contributed by atoms with Crippen LogP contribution in [-0.4, -0.2) is 13.4 Å². The van der Waals surface area contributed by atoms with Crippen LogP contribution < -0.4 is 10.0 Å². The second kappa shape index (κ2) is 7.44. The molecule has 0 saturated heterocycles. The molecule has 2 aromatic carbocycles. The van der Waals surface area contributed by atoms with Crippen LogP contribution >= 0.6 is 11.6 Å². The molecule has 0 radical (unpaired) electrons. The van der Waals surface area contributed by atoms with Crippen LogP contribution in [0.2, 0.25) is 5.02 Å². The summed E-state index contributed by atoms with van der Waals surface area (Å²) in [5.74, 6) is 0.537. The maximum atomic E-state index is 12.4. The summed E-state index contributed by atoms with van der Waals surface area (Å²) in [6.07, 6.45) is 1.40. The number of anilines is 3. The SMILES string of the molecule is N#Cc1ccc(Nc2ccc(NS(=O)(=O)c3ccccc3Cl)cn2)cc1. The Morgan fingerprint density at radius 2 is 1.65 bits per heavy atom. The fourth-order valence-electron chi connectivity index (χ4n) is 2.18. The van der Waals surface area contributed by atoms with Crippen LogP contribution in [0.4, 0.5) is 17.2 Å². The Labute approximate surface area is 156 Å². The molecule has 0 amide bonds. The van der Waals surface area contributed by atoms with E-state index >= 15 is 0 Å². The number of nitrogens with zero attached hydrogens (tertiary/aromatic N) is 2. The lowest BCUT2D eigenvalue weighted by molar-refractivity contribution is 0.601. The molecule has 0 spiro atoms. The molecule has 0 unspecified atom stereocenters. The molecule has 0 saturated carbocycles. The van der Waals surface area contributed by atoms with Crippen LogP contribution in [0.5, 0.6) is 0 Å². The molecule has 0 bridgehead atoms. The number of hydrogen-bond acceptors (Lipinski definition) is 5. The first-order valence-electron chi connectivity index (χ1n) is 7.48. The number of benzene rings is 2.